The van der Waals surface area contributed by atoms with E-state index >= 15 is 0 Å². The molecule has 9 rings (SSSR count). The topological polar surface area (TPSA) is 160 Å². The molecule has 0 amide bonds. The highest BCUT2D eigenvalue weighted by atomic mass is 32.3. The van der Waals surface area contributed by atoms with Gasteiger partial charge in [0.05, 0.1) is 16.9 Å². The molecule has 0 aromatic heterocycles. The maximum atomic E-state index is 12.4. The number of ketones is 1. The lowest BCUT2D eigenvalue weighted by atomic mass is 9.71. The number of halogens is 9. The van der Waals surface area contributed by atoms with Crippen molar-refractivity contribution in [2.75, 3.05) is 16.9 Å². The van der Waals surface area contributed by atoms with Crippen LogP contribution in [0.2, 0.25) is 0 Å². The SMILES string of the molecule is C1CCOC1.CC1(C)OB(C2=Cc3ccccc3CC2)OC1(C)C.O=C1CCc2ccccc2C1.O=S(=O)(N(c1ccccc1)S(=O)(=O)C(F)(F)F)C(F)(F)F.O=S(=O)(OC1=Cc2ccccc2CC1)C(F)(F)F. The molecule has 0 radical (unpaired) electrons. The minimum absolute atomic E-state index is 0.131. The van der Waals surface area contributed by atoms with Crippen molar-refractivity contribution in [2.24, 2.45) is 0 Å². The summed E-state index contributed by atoms with van der Waals surface area (Å²) in [6.45, 7) is 10.4. The van der Waals surface area contributed by atoms with Gasteiger partial charge in [-0.1, -0.05) is 97.1 Å². The summed E-state index contributed by atoms with van der Waals surface area (Å²) in [4.78, 5) is 11.0. The van der Waals surface area contributed by atoms with E-state index in [0.29, 0.717) is 36.3 Å². The second kappa shape index (κ2) is 23.8. The normalized spacial score (nSPS) is 18.0. The Bertz CT molecular complexity index is 2930. The number of Topliss-reactive ketones (excluding diaryl/α,β-unsaturated/α-hetero) is 1. The van der Waals surface area contributed by atoms with Gasteiger partial charge in [0.15, 0.2) is 0 Å². The molecule has 74 heavy (non-hydrogen) atoms. The first kappa shape index (κ1) is 59.7. The summed E-state index contributed by atoms with van der Waals surface area (Å²) in [6, 6.07) is 27.7. The molecule has 404 valence electrons. The summed E-state index contributed by atoms with van der Waals surface area (Å²) in [6.07, 6.45) is 11.1. The number of carbonyl (C=O) groups excluding carboxylic acids is 1. The fraction of sp³-hybridized carbons (Fsp3) is 0.408. The van der Waals surface area contributed by atoms with E-state index in [1.54, 1.807) is 12.1 Å². The molecule has 0 unspecified atom stereocenters. The number of aryl methyl sites for hydroxylation is 3. The zero-order valence-corrected chi connectivity index (χ0v) is 42.8. The van der Waals surface area contributed by atoms with Crippen LogP contribution in [0.25, 0.3) is 12.2 Å². The molecule has 0 atom stereocenters. The van der Waals surface area contributed by atoms with Crippen molar-refractivity contribution in [1.29, 1.82) is 0 Å². The van der Waals surface area contributed by atoms with Gasteiger partial charge in [-0.05, 0) is 123 Å². The Labute approximate surface area is 424 Å². The summed E-state index contributed by atoms with van der Waals surface area (Å²) in [7, 11) is -19.4. The fourth-order valence-electron chi connectivity index (χ4n) is 7.50. The molecule has 25 heteroatoms. The van der Waals surface area contributed by atoms with Crippen molar-refractivity contribution in [2.45, 2.75) is 113 Å². The molecule has 2 fully saturated rings. The van der Waals surface area contributed by atoms with E-state index in [1.165, 1.54) is 46.6 Å². The number of allylic oxidation sites excluding steroid dienone is 2. The maximum absolute atomic E-state index is 12.4. The zero-order chi connectivity index (χ0) is 55.0. The molecule has 5 aliphatic rings. The van der Waals surface area contributed by atoms with Crippen LogP contribution in [0, 0.1) is 0 Å². The molecule has 0 spiro atoms. The van der Waals surface area contributed by atoms with Crippen molar-refractivity contribution in [1.82, 2.24) is 0 Å². The van der Waals surface area contributed by atoms with Crippen LogP contribution in [-0.2, 0) is 78.9 Å². The third kappa shape index (κ3) is 15.0. The van der Waals surface area contributed by atoms with E-state index in [2.05, 4.69) is 68.3 Å². The Morgan fingerprint density at radius 1 is 0.527 bits per heavy atom. The van der Waals surface area contributed by atoms with Gasteiger partial charge in [0.2, 0.25) is 0 Å². The molecule has 4 aromatic carbocycles. The predicted octanol–water partition coefficient (Wildman–Crippen LogP) is 11.2. The number of anilines is 1. The Morgan fingerprint density at radius 3 is 1.43 bits per heavy atom. The van der Waals surface area contributed by atoms with Gasteiger partial charge in [0.25, 0.3) is 0 Å². The van der Waals surface area contributed by atoms with E-state index < -0.39 is 56.1 Å². The van der Waals surface area contributed by atoms with Gasteiger partial charge in [0, 0.05) is 32.5 Å². The van der Waals surface area contributed by atoms with Gasteiger partial charge >= 0.3 is 53.8 Å². The Kier molecular flexibility index (Phi) is 19.2. The van der Waals surface area contributed by atoms with Crippen LogP contribution in [0.1, 0.15) is 93.2 Å². The number of benzene rings is 4. The molecule has 2 aliphatic heterocycles. The lowest BCUT2D eigenvalue weighted by Gasteiger charge is -2.32. The number of rotatable bonds is 6. The molecule has 2 saturated heterocycles. The average molecular weight is 1110 g/mol. The number of carbonyl (C=O) groups is 1. The highest BCUT2D eigenvalue weighted by molar-refractivity contribution is 8.11. The highest BCUT2D eigenvalue weighted by Gasteiger charge is 2.62. The summed E-state index contributed by atoms with van der Waals surface area (Å²) < 4.78 is 197. The molecule has 4 aromatic rings. The Hall–Kier alpha value is -5.21. The smallest absolute Gasteiger partial charge is 0.400 e. The molecular weight excluding hydrogens is 1060 g/mol. The summed E-state index contributed by atoms with van der Waals surface area (Å²) >= 11 is 0. The van der Waals surface area contributed by atoms with E-state index in [1.807, 2.05) is 30.3 Å². The monoisotopic (exact) mass is 1110 g/mol. The van der Waals surface area contributed by atoms with Crippen molar-refractivity contribution in [3.8, 4) is 0 Å². The molecule has 12 nitrogen and oxygen atoms in total. The van der Waals surface area contributed by atoms with Crippen LogP contribution in [0.5, 0.6) is 0 Å². The molecular formula is C49H53BF9NO11S3. The molecule has 0 bridgehead atoms. The highest BCUT2D eigenvalue weighted by Crippen LogP contribution is 2.41. The third-order valence-electron chi connectivity index (χ3n) is 12.1. The summed E-state index contributed by atoms with van der Waals surface area (Å²) in [5.74, 6) is 0.190. The largest absolute Gasteiger partial charge is 0.534 e. The molecule has 0 saturated carbocycles. The van der Waals surface area contributed by atoms with Crippen LogP contribution < -0.4 is 3.71 Å². The van der Waals surface area contributed by atoms with Gasteiger partial charge in [-0.2, -0.15) is 64.8 Å². The van der Waals surface area contributed by atoms with Crippen molar-refractivity contribution in [3.05, 3.63) is 148 Å². The Morgan fingerprint density at radius 2 is 0.959 bits per heavy atom. The number of hydrogen-bond acceptors (Lipinski definition) is 11. The number of fused-ring (bicyclic) bond motifs is 3. The second-order valence-corrected chi connectivity index (χ2v) is 23.4. The first-order valence-corrected chi connectivity index (χ1v) is 27.1. The molecule has 3 aliphatic carbocycles. The van der Waals surface area contributed by atoms with Gasteiger partial charge in [0.1, 0.15) is 11.5 Å². The number of para-hydroxylation sites is 1. The second-order valence-electron chi connectivity index (χ2n) is 18.0. The summed E-state index contributed by atoms with van der Waals surface area (Å²) in [5, 5.41) is 0. The van der Waals surface area contributed by atoms with Crippen LogP contribution in [0.15, 0.2) is 114 Å². The van der Waals surface area contributed by atoms with Crippen molar-refractivity contribution < 1.29 is 87.8 Å². The molecule has 2 heterocycles. The van der Waals surface area contributed by atoms with Crippen molar-refractivity contribution in [3.63, 3.8) is 0 Å². The first-order valence-electron chi connectivity index (χ1n) is 22.8. The lowest BCUT2D eigenvalue weighted by molar-refractivity contribution is -0.118. The number of nitrogens with zero attached hydrogens (tertiary/aromatic N) is 1. The van der Waals surface area contributed by atoms with Crippen LogP contribution >= 0.6 is 0 Å². The van der Waals surface area contributed by atoms with E-state index in [0.717, 1.165) is 62.7 Å². The quantitative estimate of drug-likeness (QED) is 0.0782. The Balaban J connectivity index is 0.000000179. The maximum Gasteiger partial charge on any atom is 0.534 e. The van der Waals surface area contributed by atoms with Gasteiger partial charge < -0.3 is 18.2 Å². The number of sulfonamides is 2. The van der Waals surface area contributed by atoms with Crippen molar-refractivity contribution >= 4 is 60.9 Å². The average Bonchev–Trinajstić information content (AvgIpc) is 3.98. The van der Waals surface area contributed by atoms with Gasteiger partial charge in [-0.15, -0.1) is 3.71 Å². The van der Waals surface area contributed by atoms with Crippen LogP contribution in [-0.4, -0.2) is 79.1 Å². The fourth-order valence-corrected chi connectivity index (χ4v) is 10.7. The number of hydrogen-bond donors (Lipinski definition) is 0. The van der Waals surface area contributed by atoms with Crippen LogP contribution in [0.3, 0.4) is 0 Å². The van der Waals surface area contributed by atoms with E-state index in [4.69, 9.17) is 14.0 Å². The molecule has 0 N–H and O–H groups in total. The third-order valence-corrected chi connectivity index (χ3v) is 16.8. The standard InChI is InChI=1S/C16H21BO2.C11H9F3O3S.C10H10O.C8H5F6NO4S2.C4H8O/c1-15(2)16(3,4)19-17(18-15)14-10-9-12-7-5-6-8-13(12)11-14;12-11(13,14)18(15,16)17-10-6-5-8-3-1-2-4-9(8)7-10;11-10-6-5-8-3-1-2-4-9(8)7-10;9-7(10,11)20(16,17)15(6-4-2-1-3-5-6)21(18,19)8(12,13)14;1-2-4-5-3-1/h5-8,11H,9-10H2,1-4H3;1-4,7H,5-6H2;1-4H,5-7H2;1-5H;1-4H2. The minimum Gasteiger partial charge on any atom is -0.400 e. The zero-order valence-electron chi connectivity index (χ0n) is 40.4. The lowest BCUT2D eigenvalue weighted by Crippen LogP contribution is -2.49. The van der Waals surface area contributed by atoms with Crippen LogP contribution in [0.4, 0.5) is 45.2 Å². The van der Waals surface area contributed by atoms with Gasteiger partial charge in [-0.3, -0.25) is 4.79 Å². The van der Waals surface area contributed by atoms with E-state index in [9.17, 15) is 69.6 Å². The summed E-state index contributed by atoms with van der Waals surface area (Å²) in [5.41, 5.74) is -11.5. The van der Waals surface area contributed by atoms with E-state index in [-0.39, 0.29) is 30.5 Å². The number of ether oxygens (including phenoxy) is 1. The predicted molar refractivity (Wildman–Crippen MR) is 260 cm³/mol. The minimum atomic E-state index is -6.81. The first-order chi connectivity index (χ1) is 34.3. The van der Waals surface area contributed by atoms with Gasteiger partial charge in [-0.25, -0.2) is 0 Å². The number of alkyl halides is 9.